The molecule has 0 saturated carbocycles. The van der Waals surface area contributed by atoms with Crippen LogP contribution in [0.1, 0.15) is 43.4 Å². The van der Waals surface area contributed by atoms with Gasteiger partial charge in [0.05, 0.1) is 23.6 Å². The highest BCUT2D eigenvalue weighted by molar-refractivity contribution is 6.30. The van der Waals surface area contributed by atoms with Gasteiger partial charge in [0, 0.05) is 30.7 Å². The molecule has 2 aliphatic heterocycles. The number of anilines is 1. The van der Waals surface area contributed by atoms with Crippen LogP contribution in [0, 0.1) is 0 Å². The van der Waals surface area contributed by atoms with Crippen LogP contribution in [0.2, 0.25) is 5.02 Å². The largest absolute Gasteiger partial charge is 0.362 e. The van der Waals surface area contributed by atoms with Gasteiger partial charge in [-0.05, 0) is 62.4 Å². The number of rotatable bonds is 8. The van der Waals surface area contributed by atoms with Gasteiger partial charge in [0.15, 0.2) is 6.29 Å². The zero-order valence-corrected chi connectivity index (χ0v) is 19.3. The Kier molecular flexibility index (Phi) is 8.28. The van der Waals surface area contributed by atoms with Crippen molar-refractivity contribution in [3.05, 3.63) is 59.0 Å². The Labute approximate surface area is 199 Å². The molecule has 3 heterocycles. The van der Waals surface area contributed by atoms with Gasteiger partial charge in [0.25, 0.3) is 5.91 Å². The molecule has 2 aliphatic rings. The molecule has 33 heavy (non-hydrogen) atoms. The normalized spacial score (nSPS) is 23.4. The van der Waals surface area contributed by atoms with Gasteiger partial charge in [-0.1, -0.05) is 23.7 Å². The van der Waals surface area contributed by atoms with Crippen molar-refractivity contribution < 1.29 is 14.4 Å². The SMILES string of the molecule is O=C(/C=C/c1cnc(N[C@@]2(Cc3ccc(Cl)cc3)CCCNC2)cn1)NOC1CCCCO1. The minimum absolute atomic E-state index is 0.156. The van der Waals surface area contributed by atoms with Crippen molar-refractivity contribution in [3.63, 3.8) is 0 Å². The van der Waals surface area contributed by atoms with Crippen LogP contribution in [0.15, 0.2) is 42.7 Å². The van der Waals surface area contributed by atoms with Gasteiger partial charge in [0.1, 0.15) is 5.82 Å². The maximum Gasteiger partial charge on any atom is 0.267 e. The van der Waals surface area contributed by atoms with Crippen LogP contribution in [0.3, 0.4) is 0 Å². The van der Waals surface area contributed by atoms with Crippen LogP contribution < -0.4 is 16.1 Å². The summed E-state index contributed by atoms with van der Waals surface area (Å²) in [5, 5.41) is 7.83. The molecule has 0 spiro atoms. The fourth-order valence-corrected chi connectivity index (χ4v) is 4.27. The van der Waals surface area contributed by atoms with E-state index in [1.807, 2.05) is 12.1 Å². The lowest BCUT2D eigenvalue weighted by Gasteiger charge is -2.39. The first-order valence-electron chi connectivity index (χ1n) is 11.4. The monoisotopic (exact) mass is 471 g/mol. The van der Waals surface area contributed by atoms with Crippen molar-refractivity contribution in [1.29, 1.82) is 0 Å². The highest BCUT2D eigenvalue weighted by Crippen LogP contribution is 2.26. The van der Waals surface area contributed by atoms with Gasteiger partial charge < -0.3 is 15.4 Å². The van der Waals surface area contributed by atoms with Crippen molar-refractivity contribution >= 4 is 29.4 Å². The van der Waals surface area contributed by atoms with Gasteiger partial charge in [-0.15, -0.1) is 0 Å². The number of hydroxylamine groups is 1. The van der Waals surface area contributed by atoms with Crippen molar-refractivity contribution in [3.8, 4) is 0 Å². The van der Waals surface area contributed by atoms with Crippen LogP contribution >= 0.6 is 11.6 Å². The van der Waals surface area contributed by atoms with Gasteiger partial charge in [0.2, 0.25) is 0 Å². The summed E-state index contributed by atoms with van der Waals surface area (Å²) < 4.78 is 5.42. The van der Waals surface area contributed by atoms with Crippen LogP contribution in [0.25, 0.3) is 6.08 Å². The molecule has 176 valence electrons. The summed E-state index contributed by atoms with van der Waals surface area (Å²) in [5.74, 6) is 0.329. The summed E-state index contributed by atoms with van der Waals surface area (Å²) in [7, 11) is 0. The number of hydrogen-bond donors (Lipinski definition) is 3. The topological polar surface area (TPSA) is 97.4 Å². The Morgan fingerprint density at radius 2 is 2.12 bits per heavy atom. The number of carbonyl (C=O) groups excluding carboxylic acids is 1. The fourth-order valence-electron chi connectivity index (χ4n) is 4.15. The first-order valence-corrected chi connectivity index (χ1v) is 11.8. The third-order valence-corrected chi connectivity index (χ3v) is 6.08. The van der Waals surface area contributed by atoms with E-state index in [4.69, 9.17) is 21.2 Å². The fraction of sp³-hybridized carbons (Fsp3) is 0.458. The second-order valence-corrected chi connectivity index (χ2v) is 8.97. The zero-order valence-electron chi connectivity index (χ0n) is 18.6. The van der Waals surface area contributed by atoms with Gasteiger partial charge in [-0.25, -0.2) is 15.3 Å². The minimum Gasteiger partial charge on any atom is -0.362 e. The van der Waals surface area contributed by atoms with Crippen molar-refractivity contribution in [1.82, 2.24) is 20.8 Å². The van der Waals surface area contributed by atoms with E-state index in [1.165, 1.54) is 11.6 Å². The number of nitrogens with one attached hydrogen (secondary N) is 3. The molecule has 1 amide bonds. The van der Waals surface area contributed by atoms with E-state index in [9.17, 15) is 4.79 Å². The molecular weight excluding hydrogens is 442 g/mol. The van der Waals surface area contributed by atoms with Crippen LogP contribution in [-0.2, 0) is 20.8 Å². The predicted molar refractivity (Wildman–Crippen MR) is 127 cm³/mol. The lowest BCUT2D eigenvalue weighted by molar-refractivity contribution is -0.198. The number of ether oxygens (including phenoxy) is 1. The highest BCUT2D eigenvalue weighted by Gasteiger charge is 2.32. The number of nitrogens with zero attached hydrogens (tertiary/aromatic N) is 2. The second kappa shape index (κ2) is 11.6. The van der Waals surface area contributed by atoms with E-state index in [1.54, 1.807) is 18.5 Å². The molecular formula is C24H30ClN5O3. The predicted octanol–water partition coefficient (Wildman–Crippen LogP) is 3.49. The van der Waals surface area contributed by atoms with Crippen molar-refractivity contribution in [2.24, 2.45) is 0 Å². The third kappa shape index (κ3) is 7.23. The molecule has 2 aromatic rings. The van der Waals surface area contributed by atoms with Crippen molar-refractivity contribution in [2.45, 2.75) is 50.4 Å². The third-order valence-electron chi connectivity index (χ3n) is 5.83. The Hall–Kier alpha value is -2.52. The molecule has 0 bridgehead atoms. The Morgan fingerprint density at radius 3 is 2.82 bits per heavy atom. The quantitative estimate of drug-likeness (QED) is 0.400. The number of amides is 1. The minimum atomic E-state index is -0.379. The number of aromatic nitrogens is 2. The molecule has 2 atom stereocenters. The van der Waals surface area contributed by atoms with E-state index in [2.05, 4.69) is 38.2 Å². The standard InChI is InChI=1S/C24H30ClN5O3/c25-19-7-5-18(6-8-19)14-24(11-3-12-26-17-24)29-21-16-27-20(15-28-21)9-10-22(31)30-33-23-4-1-2-13-32-23/h5-10,15-16,23,26H,1-4,11-14,17H2,(H,28,29)(H,30,31)/b10-9+/t23?,24-/m1/s1. The summed E-state index contributed by atoms with van der Waals surface area (Å²) in [5.41, 5.74) is 4.04. The molecule has 8 nitrogen and oxygen atoms in total. The van der Waals surface area contributed by atoms with Gasteiger partial charge in [-0.3, -0.25) is 9.78 Å². The Morgan fingerprint density at radius 1 is 1.24 bits per heavy atom. The van der Waals surface area contributed by atoms with E-state index in [0.29, 0.717) is 18.1 Å². The van der Waals surface area contributed by atoms with Gasteiger partial charge in [-0.2, -0.15) is 0 Å². The van der Waals surface area contributed by atoms with Crippen molar-refractivity contribution in [2.75, 3.05) is 25.0 Å². The average Bonchev–Trinajstić information content (AvgIpc) is 2.85. The summed E-state index contributed by atoms with van der Waals surface area (Å²) >= 11 is 6.04. The van der Waals surface area contributed by atoms with Crippen LogP contribution in [0.5, 0.6) is 0 Å². The van der Waals surface area contributed by atoms with E-state index < -0.39 is 0 Å². The van der Waals surface area contributed by atoms with Crippen LogP contribution in [-0.4, -0.2) is 47.4 Å². The summed E-state index contributed by atoms with van der Waals surface area (Å²) in [6.07, 6.45) is 11.7. The average molecular weight is 472 g/mol. The summed E-state index contributed by atoms with van der Waals surface area (Å²) in [6, 6.07) is 7.97. The maximum atomic E-state index is 12.0. The molecule has 2 fully saturated rings. The number of hydrogen-bond acceptors (Lipinski definition) is 7. The lowest BCUT2D eigenvalue weighted by Crippen LogP contribution is -2.53. The first-order chi connectivity index (χ1) is 16.1. The van der Waals surface area contributed by atoms with E-state index >= 15 is 0 Å². The van der Waals surface area contributed by atoms with E-state index in [-0.39, 0.29) is 17.7 Å². The second-order valence-electron chi connectivity index (χ2n) is 8.53. The number of piperidine rings is 1. The molecule has 4 rings (SSSR count). The number of carbonyl (C=O) groups is 1. The molecule has 1 unspecified atom stereocenters. The summed E-state index contributed by atoms with van der Waals surface area (Å²) in [4.78, 5) is 26.2. The number of benzene rings is 1. The summed E-state index contributed by atoms with van der Waals surface area (Å²) in [6.45, 7) is 2.51. The first kappa shape index (κ1) is 23.6. The van der Waals surface area contributed by atoms with Gasteiger partial charge >= 0.3 is 0 Å². The number of halogens is 1. The van der Waals surface area contributed by atoms with E-state index in [0.717, 1.165) is 56.6 Å². The molecule has 0 aliphatic carbocycles. The highest BCUT2D eigenvalue weighted by atomic mass is 35.5. The molecule has 1 aromatic heterocycles. The smallest absolute Gasteiger partial charge is 0.267 e. The Balaban J connectivity index is 1.33. The zero-order chi connectivity index (χ0) is 22.9. The molecule has 9 heteroatoms. The maximum absolute atomic E-state index is 12.0. The molecule has 1 aromatic carbocycles. The lowest BCUT2D eigenvalue weighted by atomic mass is 9.84. The Bertz CT molecular complexity index is 924. The molecule has 0 radical (unpaired) electrons. The molecule has 2 saturated heterocycles. The van der Waals surface area contributed by atoms with Crippen LogP contribution in [0.4, 0.5) is 5.82 Å². The molecule has 3 N–H and O–H groups in total.